The van der Waals surface area contributed by atoms with E-state index in [0.717, 1.165) is 36.8 Å². The first-order chi connectivity index (χ1) is 11.0. The molecule has 1 aliphatic rings. The SMILES string of the molecule is Cc1cc(OCC(=O)NNC(=O)C2CCCCC2)cc(C)c1Cl. The zero-order valence-corrected chi connectivity index (χ0v) is 14.3. The van der Waals surface area contributed by atoms with E-state index < -0.39 is 0 Å². The van der Waals surface area contributed by atoms with E-state index in [2.05, 4.69) is 10.9 Å². The van der Waals surface area contributed by atoms with Crippen molar-refractivity contribution in [3.63, 3.8) is 0 Å². The van der Waals surface area contributed by atoms with E-state index >= 15 is 0 Å². The van der Waals surface area contributed by atoms with Crippen molar-refractivity contribution < 1.29 is 14.3 Å². The minimum Gasteiger partial charge on any atom is -0.484 e. The van der Waals surface area contributed by atoms with Crippen LogP contribution in [0, 0.1) is 19.8 Å². The Hall–Kier alpha value is -1.75. The molecular weight excluding hydrogens is 316 g/mol. The van der Waals surface area contributed by atoms with E-state index in [1.165, 1.54) is 6.42 Å². The van der Waals surface area contributed by atoms with Gasteiger partial charge < -0.3 is 4.74 Å². The summed E-state index contributed by atoms with van der Waals surface area (Å²) in [7, 11) is 0. The molecule has 0 saturated heterocycles. The van der Waals surface area contributed by atoms with E-state index in [-0.39, 0.29) is 24.3 Å². The smallest absolute Gasteiger partial charge is 0.276 e. The predicted molar refractivity (Wildman–Crippen MR) is 89.3 cm³/mol. The Morgan fingerprint density at radius 1 is 1.13 bits per heavy atom. The van der Waals surface area contributed by atoms with E-state index in [0.29, 0.717) is 10.8 Å². The first kappa shape index (κ1) is 17.6. The molecule has 0 unspecified atom stereocenters. The highest BCUT2D eigenvalue weighted by Gasteiger charge is 2.21. The summed E-state index contributed by atoms with van der Waals surface area (Å²) in [5.41, 5.74) is 6.67. The lowest BCUT2D eigenvalue weighted by Crippen LogP contribution is -2.46. The van der Waals surface area contributed by atoms with Crippen molar-refractivity contribution in [2.75, 3.05) is 6.61 Å². The van der Waals surface area contributed by atoms with Gasteiger partial charge in [0.05, 0.1) is 0 Å². The zero-order valence-electron chi connectivity index (χ0n) is 13.6. The summed E-state index contributed by atoms with van der Waals surface area (Å²) >= 11 is 6.09. The molecule has 0 radical (unpaired) electrons. The van der Waals surface area contributed by atoms with Crippen LogP contribution in [0.2, 0.25) is 5.02 Å². The number of aryl methyl sites for hydroxylation is 2. The monoisotopic (exact) mass is 338 g/mol. The molecule has 2 N–H and O–H groups in total. The minimum atomic E-state index is -0.389. The van der Waals surface area contributed by atoms with Gasteiger partial charge in [-0.15, -0.1) is 0 Å². The number of carbonyl (C=O) groups is 2. The standard InChI is InChI=1S/C17H23ClN2O3/c1-11-8-14(9-12(2)16(11)18)23-10-15(21)19-20-17(22)13-6-4-3-5-7-13/h8-9,13H,3-7,10H2,1-2H3,(H,19,21)(H,20,22). The Labute approximate surface area is 141 Å². The van der Waals surface area contributed by atoms with Gasteiger partial charge in [0.15, 0.2) is 6.61 Å². The van der Waals surface area contributed by atoms with E-state index in [1.807, 2.05) is 13.8 Å². The molecular formula is C17H23ClN2O3. The van der Waals surface area contributed by atoms with Gasteiger partial charge in [-0.3, -0.25) is 20.4 Å². The van der Waals surface area contributed by atoms with Crippen LogP contribution in [0.25, 0.3) is 0 Å². The van der Waals surface area contributed by atoms with Crippen LogP contribution in [0.1, 0.15) is 43.2 Å². The molecule has 23 heavy (non-hydrogen) atoms. The summed E-state index contributed by atoms with van der Waals surface area (Å²) in [5, 5.41) is 0.696. The van der Waals surface area contributed by atoms with Gasteiger partial charge in [0.25, 0.3) is 5.91 Å². The molecule has 5 nitrogen and oxygen atoms in total. The van der Waals surface area contributed by atoms with Gasteiger partial charge in [0.1, 0.15) is 5.75 Å². The third-order valence-corrected chi connectivity index (χ3v) is 4.68. The van der Waals surface area contributed by atoms with E-state index in [1.54, 1.807) is 12.1 Å². The first-order valence-corrected chi connectivity index (χ1v) is 8.33. The maximum atomic E-state index is 11.9. The van der Waals surface area contributed by atoms with Crippen molar-refractivity contribution in [1.82, 2.24) is 10.9 Å². The summed E-state index contributed by atoms with van der Waals surface area (Å²) < 4.78 is 5.44. The van der Waals surface area contributed by atoms with Gasteiger partial charge >= 0.3 is 0 Å². The summed E-state index contributed by atoms with van der Waals surface area (Å²) in [6, 6.07) is 3.56. The van der Waals surface area contributed by atoms with Gasteiger partial charge in [-0.1, -0.05) is 30.9 Å². The Morgan fingerprint density at radius 2 is 1.74 bits per heavy atom. The van der Waals surface area contributed by atoms with Crippen LogP contribution >= 0.6 is 11.6 Å². The number of carbonyl (C=O) groups excluding carboxylic acids is 2. The second-order valence-corrected chi connectivity index (χ2v) is 6.41. The third kappa shape index (κ3) is 5.13. The Kier molecular flexibility index (Phi) is 6.28. The molecule has 0 atom stereocenters. The fourth-order valence-corrected chi connectivity index (χ4v) is 2.88. The van der Waals surface area contributed by atoms with Crippen molar-refractivity contribution in [3.8, 4) is 5.75 Å². The van der Waals surface area contributed by atoms with Crippen molar-refractivity contribution in [3.05, 3.63) is 28.3 Å². The molecule has 1 aromatic carbocycles. The summed E-state index contributed by atoms with van der Waals surface area (Å²) in [4.78, 5) is 23.7. The van der Waals surface area contributed by atoms with Gasteiger partial charge in [-0.25, -0.2) is 0 Å². The zero-order chi connectivity index (χ0) is 16.8. The number of halogens is 1. The molecule has 6 heteroatoms. The largest absolute Gasteiger partial charge is 0.484 e. The number of hydrogen-bond acceptors (Lipinski definition) is 3. The highest BCUT2D eigenvalue weighted by atomic mass is 35.5. The second kappa shape index (κ2) is 8.20. The van der Waals surface area contributed by atoms with Crippen molar-refractivity contribution in [2.45, 2.75) is 46.0 Å². The highest BCUT2D eigenvalue weighted by molar-refractivity contribution is 6.32. The number of rotatable bonds is 4. The molecule has 0 aromatic heterocycles. The molecule has 2 rings (SSSR count). The van der Waals surface area contributed by atoms with Crippen LogP contribution in [-0.4, -0.2) is 18.4 Å². The van der Waals surface area contributed by atoms with Crippen molar-refractivity contribution in [2.24, 2.45) is 5.92 Å². The lowest BCUT2D eigenvalue weighted by Gasteiger charge is -2.20. The Balaban J connectivity index is 1.75. The van der Waals surface area contributed by atoms with Crippen LogP contribution in [0.4, 0.5) is 0 Å². The second-order valence-electron chi connectivity index (χ2n) is 6.03. The fourth-order valence-electron chi connectivity index (χ4n) is 2.77. The van der Waals surface area contributed by atoms with E-state index in [4.69, 9.17) is 16.3 Å². The van der Waals surface area contributed by atoms with Gasteiger partial charge in [0.2, 0.25) is 5.91 Å². The van der Waals surface area contributed by atoms with Gasteiger partial charge in [0, 0.05) is 10.9 Å². The average molecular weight is 339 g/mol. The minimum absolute atomic E-state index is 0.00605. The molecule has 1 aliphatic carbocycles. The molecule has 126 valence electrons. The van der Waals surface area contributed by atoms with Crippen molar-refractivity contribution >= 4 is 23.4 Å². The maximum absolute atomic E-state index is 11.9. The molecule has 1 fully saturated rings. The fraction of sp³-hybridized carbons (Fsp3) is 0.529. The molecule has 0 aliphatic heterocycles. The Morgan fingerprint density at radius 3 is 2.35 bits per heavy atom. The summed E-state index contributed by atoms with van der Waals surface area (Å²) in [6.07, 6.45) is 5.11. The maximum Gasteiger partial charge on any atom is 0.276 e. The summed E-state index contributed by atoms with van der Waals surface area (Å²) in [5.74, 6) is 0.0836. The topological polar surface area (TPSA) is 67.4 Å². The molecule has 2 amide bonds. The molecule has 0 spiro atoms. The normalized spacial score (nSPS) is 15.1. The van der Waals surface area contributed by atoms with Crippen molar-refractivity contribution in [1.29, 1.82) is 0 Å². The highest BCUT2D eigenvalue weighted by Crippen LogP contribution is 2.26. The van der Waals surface area contributed by atoms with Crippen LogP contribution in [0.15, 0.2) is 12.1 Å². The number of amides is 2. The van der Waals surface area contributed by atoms with Crippen LogP contribution in [0.3, 0.4) is 0 Å². The van der Waals surface area contributed by atoms with Gasteiger partial charge in [-0.05, 0) is 49.9 Å². The van der Waals surface area contributed by atoms with Crippen LogP contribution in [-0.2, 0) is 9.59 Å². The average Bonchev–Trinajstić information content (AvgIpc) is 2.56. The number of ether oxygens (including phenoxy) is 1. The van der Waals surface area contributed by atoms with Crippen LogP contribution in [0.5, 0.6) is 5.75 Å². The first-order valence-electron chi connectivity index (χ1n) is 7.95. The molecule has 1 saturated carbocycles. The lowest BCUT2D eigenvalue weighted by molar-refractivity contribution is -0.132. The third-order valence-electron chi connectivity index (χ3n) is 4.08. The molecule has 1 aromatic rings. The Bertz CT molecular complexity index is 560. The lowest BCUT2D eigenvalue weighted by atomic mass is 9.89. The molecule has 0 heterocycles. The number of benzene rings is 1. The predicted octanol–water partition coefficient (Wildman–Crippen LogP) is 3.06. The van der Waals surface area contributed by atoms with E-state index in [9.17, 15) is 9.59 Å². The molecule has 0 bridgehead atoms. The van der Waals surface area contributed by atoms with Gasteiger partial charge in [-0.2, -0.15) is 0 Å². The quantitative estimate of drug-likeness (QED) is 0.829. The number of nitrogens with one attached hydrogen (secondary N) is 2. The summed E-state index contributed by atoms with van der Waals surface area (Å²) in [6.45, 7) is 3.60. The number of hydrogen-bond donors (Lipinski definition) is 2. The van der Waals surface area contributed by atoms with Crippen LogP contribution < -0.4 is 15.6 Å². The number of hydrazine groups is 1.